The first-order valence-corrected chi connectivity index (χ1v) is 9.14. The van der Waals surface area contributed by atoms with Gasteiger partial charge in [-0.3, -0.25) is 14.9 Å². The van der Waals surface area contributed by atoms with Gasteiger partial charge in [0, 0.05) is 16.6 Å². The van der Waals surface area contributed by atoms with Crippen LogP contribution in [-0.4, -0.2) is 31.3 Å². The van der Waals surface area contributed by atoms with Crippen molar-refractivity contribution in [1.82, 2.24) is 14.8 Å². The quantitative estimate of drug-likeness (QED) is 0.361. The molecule has 0 aliphatic heterocycles. The molecule has 10 heteroatoms. The highest BCUT2D eigenvalue weighted by Gasteiger charge is 2.12. The molecule has 0 radical (unpaired) electrons. The van der Waals surface area contributed by atoms with E-state index in [1.807, 2.05) is 30.3 Å². The minimum absolute atomic E-state index is 0.0556. The molecule has 0 saturated heterocycles. The Bertz CT molecular complexity index is 948. The number of nitro benzene ring substituents is 1. The maximum absolute atomic E-state index is 12.1. The Morgan fingerprint density at radius 3 is 2.73 bits per heavy atom. The number of nitrogens with zero attached hydrogens (tertiary/aromatic N) is 4. The SMILES string of the molecule is O=C(CSc1ncn(-c2ccccc2)n1)Nc1ccc([N+](=O)[O-])cc1Br. The summed E-state index contributed by atoms with van der Waals surface area (Å²) in [5.41, 5.74) is 1.29. The van der Waals surface area contributed by atoms with E-state index in [-0.39, 0.29) is 17.3 Å². The van der Waals surface area contributed by atoms with Gasteiger partial charge < -0.3 is 5.32 Å². The van der Waals surface area contributed by atoms with E-state index in [9.17, 15) is 14.9 Å². The van der Waals surface area contributed by atoms with E-state index in [4.69, 9.17) is 0 Å². The van der Waals surface area contributed by atoms with Crippen LogP contribution in [0.15, 0.2) is 64.5 Å². The van der Waals surface area contributed by atoms with Gasteiger partial charge in [0.2, 0.25) is 11.1 Å². The lowest BCUT2D eigenvalue weighted by Gasteiger charge is -2.06. The highest BCUT2D eigenvalue weighted by Crippen LogP contribution is 2.27. The molecule has 1 heterocycles. The van der Waals surface area contributed by atoms with Gasteiger partial charge in [0.15, 0.2) is 0 Å². The third-order valence-corrected chi connectivity index (χ3v) is 4.77. The molecule has 132 valence electrons. The van der Waals surface area contributed by atoms with Crippen LogP contribution in [0.2, 0.25) is 0 Å². The molecule has 1 amide bonds. The summed E-state index contributed by atoms with van der Waals surface area (Å²) in [5, 5.41) is 18.2. The van der Waals surface area contributed by atoms with Crippen LogP contribution in [0.25, 0.3) is 5.69 Å². The molecule has 1 N–H and O–H groups in total. The fourth-order valence-electron chi connectivity index (χ4n) is 2.05. The number of thioether (sulfide) groups is 1. The summed E-state index contributed by atoms with van der Waals surface area (Å²) < 4.78 is 2.07. The summed E-state index contributed by atoms with van der Waals surface area (Å²) in [6, 6.07) is 13.7. The number of nitrogens with one attached hydrogen (secondary N) is 1. The Kier molecular flexibility index (Phi) is 5.64. The van der Waals surface area contributed by atoms with Gasteiger partial charge in [-0.05, 0) is 34.1 Å². The predicted molar refractivity (Wildman–Crippen MR) is 102 cm³/mol. The fraction of sp³-hybridized carbons (Fsp3) is 0.0625. The highest BCUT2D eigenvalue weighted by atomic mass is 79.9. The van der Waals surface area contributed by atoms with Crippen LogP contribution < -0.4 is 5.32 Å². The molecule has 1 aromatic heterocycles. The number of aromatic nitrogens is 3. The van der Waals surface area contributed by atoms with Gasteiger partial charge in [-0.15, -0.1) is 5.10 Å². The first-order valence-electron chi connectivity index (χ1n) is 7.36. The van der Waals surface area contributed by atoms with Crippen LogP contribution in [0, 0.1) is 10.1 Å². The number of non-ortho nitro benzene ring substituents is 1. The summed E-state index contributed by atoms with van der Waals surface area (Å²) in [6.45, 7) is 0. The fourth-order valence-corrected chi connectivity index (χ4v) is 3.12. The molecule has 0 atom stereocenters. The Labute approximate surface area is 160 Å². The van der Waals surface area contributed by atoms with E-state index >= 15 is 0 Å². The maximum Gasteiger partial charge on any atom is 0.270 e. The van der Waals surface area contributed by atoms with Gasteiger partial charge >= 0.3 is 0 Å². The van der Waals surface area contributed by atoms with Gasteiger partial charge in [0.05, 0.1) is 22.1 Å². The second-order valence-corrected chi connectivity index (χ2v) is 6.86. The van der Waals surface area contributed by atoms with E-state index in [1.165, 1.54) is 30.0 Å². The van der Waals surface area contributed by atoms with Crippen molar-refractivity contribution in [1.29, 1.82) is 0 Å². The van der Waals surface area contributed by atoms with Crippen molar-refractivity contribution in [3.05, 3.63) is 69.4 Å². The summed E-state index contributed by atoms with van der Waals surface area (Å²) >= 11 is 4.41. The van der Waals surface area contributed by atoms with Crippen LogP contribution in [0.3, 0.4) is 0 Å². The lowest BCUT2D eigenvalue weighted by atomic mass is 10.3. The zero-order chi connectivity index (χ0) is 18.5. The molecule has 0 bridgehead atoms. The number of amides is 1. The average Bonchev–Trinajstić information content (AvgIpc) is 3.11. The molecule has 0 fully saturated rings. The zero-order valence-corrected chi connectivity index (χ0v) is 15.6. The maximum atomic E-state index is 12.1. The topological polar surface area (TPSA) is 103 Å². The van der Waals surface area contributed by atoms with Crippen LogP contribution in [0.1, 0.15) is 0 Å². The third-order valence-electron chi connectivity index (χ3n) is 3.26. The van der Waals surface area contributed by atoms with E-state index in [0.717, 1.165) is 5.69 Å². The zero-order valence-electron chi connectivity index (χ0n) is 13.2. The van der Waals surface area contributed by atoms with Gasteiger partial charge in [0.1, 0.15) is 6.33 Å². The first-order chi connectivity index (χ1) is 12.5. The van der Waals surface area contributed by atoms with Crippen molar-refractivity contribution in [2.75, 3.05) is 11.1 Å². The number of carbonyl (C=O) groups is 1. The predicted octanol–water partition coefficient (Wildman–Crippen LogP) is 3.67. The lowest BCUT2D eigenvalue weighted by Crippen LogP contribution is -2.14. The number of hydrogen-bond acceptors (Lipinski definition) is 6. The summed E-state index contributed by atoms with van der Waals surface area (Å²) in [6.07, 6.45) is 1.59. The van der Waals surface area contributed by atoms with Gasteiger partial charge in [0.25, 0.3) is 5.69 Å². The Morgan fingerprint density at radius 1 is 1.27 bits per heavy atom. The molecule has 0 spiro atoms. The monoisotopic (exact) mass is 433 g/mol. The van der Waals surface area contributed by atoms with Crippen molar-refractivity contribution in [3.8, 4) is 5.69 Å². The number of halogens is 1. The van der Waals surface area contributed by atoms with E-state index < -0.39 is 4.92 Å². The Hall–Kier alpha value is -2.72. The van der Waals surface area contributed by atoms with Crippen LogP contribution in [-0.2, 0) is 4.79 Å². The standard InChI is InChI=1S/C16H12BrN5O3S/c17-13-8-12(22(24)25)6-7-14(13)19-15(23)9-26-16-18-10-21(20-16)11-4-2-1-3-5-11/h1-8,10H,9H2,(H,19,23). The summed E-state index contributed by atoms with van der Waals surface area (Å²) in [7, 11) is 0. The van der Waals surface area contributed by atoms with Crippen molar-refractivity contribution in [2.45, 2.75) is 5.16 Å². The number of benzene rings is 2. The molecule has 3 rings (SSSR count). The van der Waals surface area contributed by atoms with Crippen molar-refractivity contribution < 1.29 is 9.72 Å². The minimum Gasteiger partial charge on any atom is -0.324 e. The highest BCUT2D eigenvalue weighted by molar-refractivity contribution is 9.10. The van der Waals surface area contributed by atoms with Crippen molar-refractivity contribution >= 4 is 45.0 Å². The minimum atomic E-state index is -0.499. The van der Waals surface area contributed by atoms with E-state index in [2.05, 4.69) is 31.3 Å². The number of carbonyl (C=O) groups excluding carboxylic acids is 1. The first kappa shape index (κ1) is 18.1. The molecule has 2 aromatic carbocycles. The van der Waals surface area contributed by atoms with E-state index in [0.29, 0.717) is 15.3 Å². The van der Waals surface area contributed by atoms with Gasteiger partial charge in [-0.1, -0.05) is 30.0 Å². The number of anilines is 1. The molecule has 8 nitrogen and oxygen atoms in total. The molecule has 26 heavy (non-hydrogen) atoms. The number of hydrogen-bond donors (Lipinski definition) is 1. The van der Waals surface area contributed by atoms with Gasteiger partial charge in [-0.25, -0.2) is 9.67 Å². The number of nitro groups is 1. The molecular formula is C16H12BrN5O3S. The average molecular weight is 434 g/mol. The largest absolute Gasteiger partial charge is 0.324 e. The molecule has 0 aliphatic carbocycles. The third kappa shape index (κ3) is 4.46. The summed E-state index contributed by atoms with van der Waals surface area (Å²) in [4.78, 5) is 26.5. The normalized spacial score (nSPS) is 10.5. The summed E-state index contributed by atoms with van der Waals surface area (Å²) in [5.74, 6) is -0.150. The molecule has 0 unspecified atom stereocenters. The smallest absolute Gasteiger partial charge is 0.270 e. The Balaban J connectivity index is 1.58. The second kappa shape index (κ2) is 8.11. The second-order valence-electron chi connectivity index (χ2n) is 5.07. The van der Waals surface area contributed by atoms with Crippen LogP contribution in [0.5, 0.6) is 0 Å². The van der Waals surface area contributed by atoms with Crippen LogP contribution in [0.4, 0.5) is 11.4 Å². The van der Waals surface area contributed by atoms with E-state index in [1.54, 1.807) is 11.0 Å². The molecule has 0 aliphatic rings. The molecule has 0 saturated carbocycles. The molecular weight excluding hydrogens is 422 g/mol. The van der Waals surface area contributed by atoms with Crippen molar-refractivity contribution in [2.24, 2.45) is 0 Å². The molecule has 3 aromatic rings. The van der Waals surface area contributed by atoms with Gasteiger partial charge in [-0.2, -0.15) is 0 Å². The Morgan fingerprint density at radius 2 is 2.04 bits per heavy atom. The lowest BCUT2D eigenvalue weighted by molar-refractivity contribution is -0.384. The van der Waals surface area contributed by atoms with Crippen LogP contribution >= 0.6 is 27.7 Å². The number of para-hydroxylation sites is 1. The van der Waals surface area contributed by atoms with Crippen molar-refractivity contribution in [3.63, 3.8) is 0 Å². The number of rotatable bonds is 6.